The van der Waals surface area contributed by atoms with Crippen molar-refractivity contribution in [2.75, 3.05) is 13.7 Å². The molecule has 0 aliphatic heterocycles. The fourth-order valence-electron chi connectivity index (χ4n) is 3.31. The van der Waals surface area contributed by atoms with E-state index in [1.54, 1.807) is 37.8 Å². The van der Waals surface area contributed by atoms with Gasteiger partial charge in [-0.1, -0.05) is 0 Å². The van der Waals surface area contributed by atoms with Crippen LogP contribution in [0.5, 0.6) is 0 Å². The van der Waals surface area contributed by atoms with E-state index in [1.807, 2.05) is 0 Å². The summed E-state index contributed by atoms with van der Waals surface area (Å²) in [7, 11) is 1.29. The molecule has 1 N–H and O–H groups in total. The molecule has 0 bridgehead atoms. The van der Waals surface area contributed by atoms with Crippen LogP contribution in [0.2, 0.25) is 0 Å². The van der Waals surface area contributed by atoms with Gasteiger partial charge in [0.2, 0.25) is 0 Å². The molecule has 1 atom stereocenters. The van der Waals surface area contributed by atoms with Gasteiger partial charge in [-0.05, 0) is 57.2 Å². The van der Waals surface area contributed by atoms with Crippen LogP contribution in [0.25, 0.3) is 0 Å². The Morgan fingerprint density at radius 3 is 2.59 bits per heavy atom. The van der Waals surface area contributed by atoms with Crippen LogP contribution in [0.15, 0.2) is 22.8 Å². The molecule has 7 nitrogen and oxygen atoms in total. The summed E-state index contributed by atoms with van der Waals surface area (Å²) in [6.07, 6.45) is 3.55. The van der Waals surface area contributed by atoms with Gasteiger partial charge >= 0.3 is 5.97 Å². The number of furan rings is 1. The van der Waals surface area contributed by atoms with Crippen molar-refractivity contribution in [1.82, 2.24) is 9.88 Å². The smallest absolute Gasteiger partial charge is 0.354 e. The van der Waals surface area contributed by atoms with Gasteiger partial charge < -0.3 is 19.0 Å². The molecule has 0 unspecified atom stereocenters. The Labute approximate surface area is 157 Å². The molecule has 0 saturated heterocycles. The van der Waals surface area contributed by atoms with Gasteiger partial charge in [0, 0.05) is 17.8 Å². The summed E-state index contributed by atoms with van der Waals surface area (Å²) in [5, 5.41) is 0. The maximum atomic E-state index is 13.2. The molecular formula is C20H24N2O5. The number of nitrogens with one attached hydrogen (secondary N) is 1. The number of aromatic nitrogens is 1. The fraction of sp³-hybridized carbons (Fsp3) is 0.450. The molecule has 1 saturated carbocycles. The van der Waals surface area contributed by atoms with Crippen LogP contribution < -0.4 is 0 Å². The lowest BCUT2D eigenvalue weighted by Crippen LogP contribution is -2.44. The summed E-state index contributed by atoms with van der Waals surface area (Å²) in [6.45, 7) is 5.67. The van der Waals surface area contributed by atoms with Crippen molar-refractivity contribution >= 4 is 17.7 Å². The van der Waals surface area contributed by atoms with Crippen molar-refractivity contribution in [1.29, 1.82) is 0 Å². The number of H-pyrrole nitrogens is 1. The average Bonchev–Trinajstić information content (AvgIpc) is 3.20. The zero-order valence-corrected chi connectivity index (χ0v) is 16.0. The number of Topliss-reactive ketones (excluding diaryl/α,β-unsaturated/α-hetero) is 1. The quantitative estimate of drug-likeness (QED) is 0.595. The zero-order chi connectivity index (χ0) is 19.7. The molecular weight excluding hydrogens is 348 g/mol. The molecule has 2 heterocycles. The number of carbonyl (C=O) groups excluding carboxylic acids is 3. The first kappa shape index (κ1) is 18.9. The highest BCUT2D eigenvalue weighted by Crippen LogP contribution is 2.32. The Kier molecular flexibility index (Phi) is 5.21. The number of aromatic amines is 1. The van der Waals surface area contributed by atoms with Crippen LogP contribution in [0.1, 0.15) is 62.4 Å². The fourth-order valence-corrected chi connectivity index (χ4v) is 3.31. The van der Waals surface area contributed by atoms with Crippen molar-refractivity contribution in [3.05, 3.63) is 46.7 Å². The first-order chi connectivity index (χ1) is 12.8. The second kappa shape index (κ2) is 7.42. The van der Waals surface area contributed by atoms with Crippen molar-refractivity contribution in [2.24, 2.45) is 5.92 Å². The molecule has 0 aromatic carbocycles. The molecule has 3 rings (SSSR count). The van der Waals surface area contributed by atoms with E-state index in [9.17, 15) is 14.4 Å². The molecule has 1 amide bonds. The minimum Gasteiger partial charge on any atom is -0.464 e. The van der Waals surface area contributed by atoms with Crippen molar-refractivity contribution in [3.63, 3.8) is 0 Å². The number of carbonyl (C=O) groups is 3. The van der Waals surface area contributed by atoms with E-state index >= 15 is 0 Å². The minimum atomic E-state index is -0.679. The number of aryl methyl sites for hydroxylation is 1. The van der Waals surface area contributed by atoms with Crippen LogP contribution in [0, 0.1) is 19.8 Å². The topological polar surface area (TPSA) is 92.6 Å². The number of amides is 1. The van der Waals surface area contributed by atoms with E-state index in [1.165, 1.54) is 13.4 Å². The van der Waals surface area contributed by atoms with Gasteiger partial charge in [-0.3, -0.25) is 9.59 Å². The van der Waals surface area contributed by atoms with Crippen molar-refractivity contribution in [2.45, 2.75) is 39.7 Å². The third kappa shape index (κ3) is 3.67. The van der Waals surface area contributed by atoms with Crippen LogP contribution in [-0.4, -0.2) is 47.2 Å². The minimum absolute atomic E-state index is 0.211. The predicted molar refractivity (Wildman–Crippen MR) is 97.9 cm³/mol. The summed E-state index contributed by atoms with van der Waals surface area (Å²) in [5.41, 5.74) is 1.81. The number of ether oxygens (including phenoxy) is 1. The van der Waals surface area contributed by atoms with Gasteiger partial charge in [-0.2, -0.15) is 0 Å². The number of methoxy groups -OCH3 is 1. The average molecular weight is 372 g/mol. The number of ketones is 1. The van der Waals surface area contributed by atoms with Crippen LogP contribution in [-0.2, 0) is 4.74 Å². The summed E-state index contributed by atoms with van der Waals surface area (Å²) >= 11 is 0. The number of esters is 1. The molecule has 0 radical (unpaired) electrons. The second-order valence-corrected chi connectivity index (χ2v) is 7.03. The summed E-state index contributed by atoms with van der Waals surface area (Å²) in [4.78, 5) is 42.5. The third-order valence-electron chi connectivity index (χ3n) is 5.07. The molecule has 144 valence electrons. The Balaban J connectivity index is 1.91. The van der Waals surface area contributed by atoms with Gasteiger partial charge in [0.05, 0.1) is 19.4 Å². The van der Waals surface area contributed by atoms with E-state index in [4.69, 9.17) is 9.15 Å². The lowest BCUT2D eigenvalue weighted by atomic mass is 9.99. The first-order valence-electron chi connectivity index (χ1n) is 9.01. The van der Waals surface area contributed by atoms with Crippen LogP contribution in [0.4, 0.5) is 0 Å². The van der Waals surface area contributed by atoms with Gasteiger partial charge in [0.1, 0.15) is 5.69 Å². The first-order valence-corrected chi connectivity index (χ1v) is 9.01. The van der Waals surface area contributed by atoms with E-state index in [0.29, 0.717) is 29.3 Å². The normalized spacial score (nSPS) is 14.7. The van der Waals surface area contributed by atoms with E-state index in [-0.39, 0.29) is 23.1 Å². The SMILES string of the molecule is COC(=O)c1[nH]c(C)c(C(=O)[C@@H](C)N(CC2CC2)C(=O)c2ccco2)c1C. The van der Waals surface area contributed by atoms with E-state index < -0.39 is 12.0 Å². The van der Waals surface area contributed by atoms with Crippen molar-refractivity contribution in [3.8, 4) is 0 Å². The maximum Gasteiger partial charge on any atom is 0.354 e. The Bertz CT molecular complexity index is 861. The highest BCUT2D eigenvalue weighted by molar-refractivity contribution is 6.07. The predicted octanol–water partition coefficient (Wildman–Crippen LogP) is 3.13. The number of hydrogen-bond donors (Lipinski definition) is 1. The van der Waals surface area contributed by atoms with E-state index in [2.05, 4.69) is 4.98 Å². The molecule has 27 heavy (non-hydrogen) atoms. The molecule has 1 fully saturated rings. The zero-order valence-electron chi connectivity index (χ0n) is 16.0. The molecule has 1 aliphatic carbocycles. The van der Waals surface area contributed by atoms with Gasteiger partial charge in [0.15, 0.2) is 11.5 Å². The molecule has 1 aliphatic rings. The monoisotopic (exact) mass is 372 g/mol. The van der Waals surface area contributed by atoms with Crippen LogP contribution in [0.3, 0.4) is 0 Å². The van der Waals surface area contributed by atoms with Gasteiger partial charge in [0.25, 0.3) is 5.91 Å². The van der Waals surface area contributed by atoms with Gasteiger partial charge in [-0.15, -0.1) is 0 Å². The Morgan fingerprint density at radius 2 is 2.04 bits per heavy atom. The largest absolute Gasteiger partial charge is 0.464 e. The maximum absolute atomic E-state index is 13.2. The Morgan fingerprint density at radius 1 is 1.33 bits per heavy atom. The number of hydrogen-bond acceptors (Lipinski definition) is 5. The van der Waals surface area contributed by atoms with Crippen molar-refractivity contribution < 1.29 is 23.5 Å². The lowest BCUT2D eigenvalue weighted by Gasteiger charge is -2.28. The van der Waals surface area contributed by atoms with Crippen LogP contribution >= 0.6 is 0 Å². The lowest BCUT2D eigenvalue weighted by molar-refractivity contribution is 0.0587. The molecule has 2 aromatic heterocycles. The Hall–Kier alpha value is -2.83. The standard InChI is InChI=1S/C20H24N2O5/c1-11-16(12(2)21-17(11)20(25)26-4)18(23)13(3)22(10-14-7-8-14)19(24)15-6-5-9-27-15/h5-6,9,13-14,21H,7-8,10H2,1-4H3/t13-/m1/s1. The summed E-state index contributed by atoms with van der Waals surface area (Å²) in [5.74, 6) is -0.404. The van der Waals surface area contributed by atoms with Gasteiger partial charge in [-0.25, -0.2) is 4.79 Å². The summed E-state index contributed by atoms with van der Waals surface area (Å²) in [6, 6.07) is 2.57. The highest BCUT2D eigenvalue weighted by Gasteiger charge is 2.35. The number of nitrogens with zero attached hydrogens (tertiary/aromatic N) is 1. The van der Waals surface area contributed by atoms with E-state index in [0.717, 1.165) is 12.8 Å². The molecule has 0 spiro atoms. The second-order valence-electron chi connectivity index (χ2n) is 7.03. The molecule has 2 aromatic rings. The highest BCUT2D eigenvalue weighted by atomic mass is 16.5. The third-order valence-corrected chi connectivity index (χ3v) is 5.07. The summed E-state index contributed by atoms with van der Waals surface area (Å²) < 4.78 is 10.0. The number of rotatable bonds is 7. The molecule has 7 heteroatoms.